The van der Waals surface area contributed by atoms with Crippen molar-refractivity contribution in [2.45, 2.75) is 19.6 Å². The maximum atomic E-state index is 13.6. The Bertz CT molecular complexity index is 1530. The molecular formula is C27H22FN5O2. The van der Waals surface area contributed by atoms with Crippen LogP contribution in [-0.2, 0) is 19.6 Å². The SMILES string of the molecule is OCc1ccn2c(-c3ccnc(NCc4ccc5c(c4)CCO5)n3)c(-c3ccc(F)cc3)nc2c1. The Morgan fingerprint density at radius 1 is 1.00 bits per heavy atom. The van der Waals surface area contributed by atoms with Gasteiger partial charge in [-0.05, 0) is 65.2 Å². The van der Waals surface area contributed by atoms with Crippen LogP contribution in [-0.4, -0.2) is 31.1 Å². The van der Waals surface area contributed by atoms with E-state index < -0.39 is 0 Å². The van der Waals surface area contributed by atoms with E-state index in [4.69, 9.17) is 14.7 Å². The zero-order valence-corrected chi connectivity index (χ0v) is 18.8. The van der Waals surface area contributed by atoms with Crippen LogP contribution < -0.4 is 10.1 Å². The van der Waals surface area contributed by atoms with Gasteiger partial charge in [0.1, 0.15) is 17.2 Å². The normalized spacial score (nSPS) is 12.5. The lowest BCUT2D eigenvalue weighted by atomic mass is 10.1. The van der Waals surface area contributed by atoms with Gasteiger partial charge in [0.2, 0.25) is 5.95 Å². The number of hydrogen-bond donors (Lipinski definition) is 2. The van der Waals surface area contributed by atoms with E-state index in [9.17, 15) is 9.50 Å². The number of rotatable bonds is 6. The number of imidazole rings is 1. The standard InChI is InChI=1S/C27H22FN5O2/c28-21-4-2-19(3-5-21)25-26(33-11-8-18(16-34)14-24(33)32-25)22-7-10-29-27(31-22)30-15-17-1-6-23-20(13-17)9-12-35-23/h1-8,10-11,13-14,34H,9,12,15-16H2,(H,29,30,31). The van der Waals surface area contributed by atoms with E-state index in [0.717, 1.165) is 41.2 Å². The monoisotopic (exact) mass is 467 g/mol. The minimum Gasteiger partial charge on any atom is -0.493 e. The third-order valence-corrected chi connectivity index (χ3v) is 6.09. The molecule has 5 aromatic rings. The summed E-state index contributed by atoms with van der Waals surface area (Å²) in [6.45, 7) is 1.22. The average Bonchev–Trinajstić information content (AvgIpc) is 3.52. The Kier molecular flexibility index (Phi) is 5.35. The molecule has 0 saturated carbocycles. The Labute approximate surface area is 200 Å². The Morgan fingerprint density at radius 3 is 2.74 bits per heavy atom. The molecule has 0 radical (unpaired) electrons. The van der Waals surface area contributed by atoms with Crippen molar-refractivity contribution in [3.8, 4) is 28.4 Å². The molecule has 1 aliphatic rings. The van der Waals surface area contributed by atoms with Gasteiger partial charge in [-0.3, -0.25) is 4.40 Å². The lowest BCUT2D eigenvalue weighted by molar-refractivity contribution is 0.282. The number of pyridine rings is 1. The number of hydrogen-bond acceptors (Lipinski definition) is 6. The molecule has 0 saturated heterocycles. The molecule has 0 atom stereocenters. The Morgan fingerprint density at radius 2 is 1.89 bits per heavy atom. The van der Waals surface area contributed by atoms with E-state index in [1.165, 1.54) is 17.7 Å². The number of nitrogens with one attached hydrogen (secondary N) is 1. The van der Waals surface area contributed by atoms with Crippen LogP contribution >= 0.6 is 0 Å². The van der Waals surface area contributed by atoms with E-state index in [-0.39, 0.29) is 12.4 Å². The number of aromatic nitrogens is 4. The third-order valence-electron chi connectivity index (χ3n) is 6.09. The van der Waals surface area contributed by atoms with Crippen LogP contribution in [0.25, 0.3) is 28.3 Å². The minimum absolute atomic E-state index is 0.0824. The molecule has 2 N–H and O–H groups in total. The fourth-order valence-electron chi connectivity index (χ4n) is 4.35. The molecule has 174 valence electrons. The van der Waals surface area contributed by atoms with E-state index in [1.54, 1.807) is 18.3 Å². The van der Waals surface area contributed by atoms with Gasteiger partial charge in [-0.1, -0.05) is 12.1 Å². The molecule has 0 fully saturated rings. The van der Waals surface area contributed by atoms with E-state index >= 15 is 0 Å². The van der Waals surface area contributed by atoms with Crippen LogP contribution in [0.3, 0.4) is 0 Å². The van der Waals surface area contributed by atoms with Gasteiger partial charge in [-0.2, -0.15) is 0 Å². The smallest absolute Gasteiger partial charge is 0.223 e. The summed E-state index contributed by atoms with van der Waals surface area (Å²) < 4.78 is 21.1. The average molecular weight is 468 g/mol. The van der Waals surface area contributed by atoms with Gasteiger partial charge in [0.05, 0.1) is 30.3 Å². The number of aliphatic hydroxyl groups excluding tert-OH is 1. The molecule has 0 spiro atoms. The van der Waals surface area contributed by atoms with E-state index in [2.05, 4.69) is 16.4 Å². The quantitative estimate of drug-likeness (QED) is 0.379. The highest BCUT2D eigenvalue weighted by molar-refractivity contribution is 5.80. The van der Waals surface area contributed by atoms with Gasteiger partial charge in [0, 0.05) is 30.9 Å². The summed E-state index contributed by atoms with van der Waals surface area (Å²) in [7, 11) is 0. The molecule has 6 rings (SSSR count). The zero-order valence-electron chi connectivity index (χ0n) is 18.8. The second-order valence-electron chi connectivity index (χ2n) is 8.40. The molecule has 3 aromatic heterocycles. The molecule has 7 nitrogen and oxygen atoms in total. The number of ether oxygens (including phenoxy) is 1. The van der Waals surface area contributed by atoms with Gasteiger partial charge in [0.15, 0.2) is 0 Å². The first-order valence-corrected chi connectivity index (χ1v) is 11.4. The summed E-state index contributed by atoms with van der Waals surface area (Å²) in [6.07, 6.45) is 4.49. The van der Waals surface area contributed by atoms with E-state index in [0.29, 0.717) is 29.5 Å². The van der Waals surface area contributed by atoms with Crippen LogP contribution in [0.4, 0.5) is 10.3 Å². The lowest BCUT2D eigenvalue weighted by Crippen LogP contribution is -2.05. The molecular weight excluding hydrogens is 445 g/mol. The molecule has 0 aliphatic carbocycles. The molecule has 1 aliphatic heterocycles. The fourth-order valence-corrected chi connectivity index (χ4v) is 4.35. The molecule has 0 unspecified atom stereocenters. The minimum atomic E-state index is -0.312. The third kappa shape index (κ3) is 4.08. The van der Waals surface area contributed by atoms with Crippen molar-refractivity contribution in [3.05, 3.63) is 95.6 Å². The van der Waals surface area contributed by atoms with Crippen LogP contribution in [0, 0.1) is 5.82 Å². The van der Waals surface area contributed by atoms with Crippen molar-refractivity contribution in [1.82, 2.24) is 19.4 Å². The number of benzene rings is 2. The summed E-state index contributed by atoms with van der Waals surface area (Å²) >= 11 is 0. The Hall–Kier alpha value is -4.30. The van der Waals surface area contributed by atoms with Crippen molar-refractivity contribution < 1.29 is 14.2 Å². The zero-order chi connectivity index (χ0) is 23.8. The van der Waals surface area contributed by atoms with Crippen LogP contribution in [0.2, 0.25) is 0 Å². The maximum absolute atomic E-state index is 13.6. The van der Waals surface area contributed by atoms with E-state index in [1.807, 2.05) is 40.9 Å². The first-order chi connectivity index (χ1) is 17.2. The number of nitrogens with zero attached hydrogens (tertiary/aromatic N) is 4. The lowest BCUT2D eigenvalue weighted by Gasteiger charge is -2.09. The second kappa shape index (κ2) is 8.81. The van der Waals surface area contributed by atoms with Gasteiger partial charge in [0.25, 0.3) is 0 Å². The summed E-state index contributed by atoms with van der Waals surface area (Å²) in [4.78, 5) is 14.0. The van der Waals surface area contributed by atoms with Crippen LogP contribution in [0.1, 0.15) is 16.7 Å². The van der Waals surface area contributed by atoms with Gasteiger partial charge in [-0.25, -0.2) is 19.3 Å². The second-order valence-corrected chi connectivity index (χ2v) is 8.40. The van der Waals surface area contributed by atoms with Crippen molar-refractivity contribution in [1.29, 1.82) is 0 Å². The molecule has 0 amide bonds. The fraction of sp³-hybridized carbons (Fsp3) is 0.148. The van der Waals surface area contributed by atoms with Crippen molar-refractivity contribution in [3.63, 3.8) is 0 Å². The van der Waals surface area contributed by atoms with Gasteiger partial charge in [-0.15, -0.1) is 0 Å². The van der Waals surface area contributed by atoms with Crippen molar-refractivity contribution in [2.75, 3.05) is 11.9 Å². The van der Waals surface area contributed by atoms with Crippen molar-refractivity contribution in [2.24, 2.45) is 0 Å². The predicted molar refractivity (Wildman–Crippen MR) is 131 cm³/mol. The predicted octanol–water partition coefficient (Wildman–Crippen LogP) is 4.64. The number of fused-ring (bicyclic) bond motifs is 2. The largest absolute Gasteiger partial charge is 0.493 e. The molecule has 2 aromatic carbocycles. The molecule has 35 heavy (non-hydrogen) atoms. The van der Waals surface area contributed by atoms with Crippen molar-refractivity contribution >= 4 is 11.6 Å². The summed E-state index contributed by atoms with van der Waals surface area (Å²) in [5.74, 6) is 1.14. The topological polar surface area (TPSA) is 84.6 Å². The molecule has 4 heterocycles. The van der Waals surface area contributed by atoms with Gasteiger partial charge < -0.3 is 15.2 Å². The van der Waals surface area contributed by atoms with Crippen LogP contribution in [0.5, 0.6) is 5.75 Å². The summed E-state index contributed by atoms with van der Waals surface area (Å²) in [5.41, 5.74) is 6.64. The number of anilines is 1. The van der Waals surface area contributed by atoms with Gasteiger partial charge >= 0.3 is 0 Å². The highest BCUT2D eigenvalue weighted by Gasteiger charge is 2.18. The summed E-state index contributed by atoms with van der Waals surface area (Å²) in [6, 6.07) is 17.9. The summed E-state index contributed by atoms with van der Waals surface area (Å²) in [5, 5.41) is 12.9. The first-order valence-electron chi connectivity index (χ1n) is 11.4. The Balaban J connectivity index is 1.37. The molecule has 0 bridgehead atoms. The number of halogens is 1. The first kappa shape index (κ1) is 21.2. The highest BCUT2D eigenvalue weighted by Crippen LogP contribution is 2.33. The maximum Gasteiger partial charge on any atom is 0.223 e. The number of aliphatic hydroxyl groups is 1. The highest BCUT2D eigenvalue weighted by atomic mass is 19.1. The molecule has 8 heteroatoms. The van der Waals surface area contributed by atoms with Crippen LogP contribution in [0.15, 0.2) is 73.1 Å².